The molecule has 0 fully saturated rings. The third-order valence-electron chi connectivity index (χ3n) is 1.85. The van der Waals surface area contributed by atoms with Gasteiger partial charge in [0.2, 0.25) is 0 Å². The first-order valence-electron chi connectivity index (χ1n) is 4.43. The van der Waals surface area contributed by atoms with E-state index in [0.29, 0.717) is 5.92 Å². The Bertz CT molecular complexity index is 393. The predicted octanol–water partition coefficient (Wildman–Crippen LogP) is 2.81. The monoisotopic (exact) mass is 232 g/mol. The molecular formula is C10H13ClO2S. The van der Waals surface area contributed by atoms with E-state index in [-0.39, 0.29) is 4.90 Å². The molecule has 0 radical (unpaired) electrons. The van der Waals surface area contributed by atoms with Gasteiger partial charge in [-0.3, -0.25) is 0 Å². The molecule has 0 aromatic heterocycles. The van der Waals surface area contributed by atoms with E-state index in [1.165, 1.54) is 0 Å². The molecule has 14 heavy (non-hydrogen) atoms. The van der Waals surface area contributed by atoms with Gasteiger partial charge in [0.25, 0.3) is 9.05 Å². The summed E-state index contributed by atoms with van der Waals surface area (Å²) < 4.78 is 21.9. The Morgan fingerprint density at radius 2 is 1.71 bits per heavy atom. The largest absolute Gasteiger partial charge is 0.261 e. The molecule has 0 unspecified atom stereocenters. The van der Waals surface area contributed by atoms with Gasteiger partial charge in [0.1, 0.15) is 0 Å². The Morgan fingerprint density at radius 3 is 2.07 bits per heavy atom. The van der Waals surface area contributed by atoms with E-state index in [0.717, 1.165) is 12.0 Å². The zero-order valence-corrected chi connectivity index (χ0v) is 9.77. The van der Waals surface area contributed by atoms with Crippen LogP contribution in [-0.4, -0.2) is 8.42 Å². The van der Waals surface area contributed by atoms with Crippen molar-refractivity contribution < 1.29 is 8.42 Å². The smallest absolute Gasteiger partial charge is 0.207 e. The van der Waals surface area contributed by atoms with Crippen LogP contribution in [0.4, 0.5) is 0 Å². The van der Waals surface area contributed by atoms with Gasteiger partial charge in [0, 0.05) is 10.7 Å². The van der Waals surface area contributed by atoms with Crippen molar-refractivity contribution in [2.45, 2.75) is 25.2 Å². The molecule has 0 aliphatic carbocycles. The lowest BCUT2D eigenvalue weighted by atomic mass is 10.0. The van der Waals surface area contributed by atoms with Crippen LogP contribution in [0.25, 0.3) is 0 Å². The van der Waals surface area contributed by atoms with Crippen molar-refractivity contribution in [1.82, 2.24) is 0 Å². The van der Waals surface area contributed by atoms with Crippen molar-refractivity contribution in [1.29, 1.82) is 0 Å². The van der Waals surface area contributed by atoms with E-state index in [1.54, 1.807) is 24.3 Å². The van der Waals surface area contributed by atoms with Crippen LogP contribution in [0.1, 0.15) is 19.4 Å². The van der Waals surface area contributed by atoms with Crippen LogP contribution in [0.2, 0.25) is 0 Å². The highest BCUT2D eigenvalue weighted by molar-refractivity contribution is 8.13. The molecule has 0 heterocycles. The molecular weight excluding hydrogens is 220 g/mol. The van der Waals surface area contributed by atoms with E-state index >= 15 is 0 Å². The van der Waals surface area contributed by atoms with Crippen LogP contribution in [0.15, 0.2) is 29.2 Å². The van der Waals surface area contributed by atoms with Gasteiger partial charge >= 0.3 is 0 Å². The summed E-state index contributed by atoms with van der Waals surface area (Å²) in [6, 6.07) is 6.69. The van der Waals surface area contributed by atoms with Crippen LogP contribution < -0.4 is 0 Å². The highest BCUT2D eigenvalue weighted by atomic mass is 35.7. The SMILES string of the molecule is CC(C)Cc1ccc(S(=O)(=O)Cl)cc1. The van der Waals surface area contributed by atoms with E-state index in [1.807, 2.05) is 0 Å². The number of hydrogen-bond acceptors (Lipinski definition) is 2. The van der Waals surface area contributed by atoms with Gasteiger partial charge in [-0.05, 0) is 30.0 Å². The summed E-state index contributed by atoms with van der Waals surface area (Å²) in [5.41, 5.74) is 1.13. The zero-order chi connectivity index (χ0) is 10.8. The fourth-order valence-corrected chi connectivity index (χ4v) is 2.03. The summed E-state index contributed by atoms with van der Waals surface area (Å²) in [6.07, 6.45) is 0.947. The fraction of sp³-hybridized carbons (Fsp3) is 0.400. The third-order valence-corrected chi connectivity index (χ3v) is 3.22. The van der Waals surface area contributed by atoms with E-state index in [9.17, 15) is 8.42 Å². The minimum atomic E-state index is -3.58. The molecule has 0 aliphatic heterocycles. The quantitative estimate of drug-likeness (QED) is 0.751. The van der Waals surface area contributed by atoms with Crippen molar-refractivity contribution in [2.24, 2.45) is 5.92 Å². The molecule has 2 nitrogen and oxygen atoms in total. The first-order valence-corrected chi connectivity index (χ1v) is 6.74. The molecule has 1 aromatic rings. The van der Waals surface area contributed by atoms with E-state index < -0.39 is 9.05 Å². The molecule has 0 bridgehead atoms. The average Bonchev–Trinajstić information content (AvgIpc) is 2.02. The molecule has 0 saturated carbocycles. The van der Waals surface area contributed by atoms with Gasteiger partial charge in [0.05, 0.1) is 4.90 Å². The second-order valence-corrected chi connectivity index (χ2v) is 6.25. The average molecular weight is 233 g/mol. The van der Waals surface area contributed by atoms with Crippen molar-refractivity contribution >= 4 is 19.7 Å². The van der Waals surface area contributed by atoms with Gasteiger partial charge in [-0.15, -0.1) is 0 Å². The van der Waals surface area contributed by atoms with Crippen LogP contribution >= 0.6 is 10.7 Å². The maximum atomic E-state index is 10.9. The second-order valence-electron chi connectivity index (χ2n) is 3.68. The number of rotatable bonds is 3. The molecule has 1 aromatic carbocycles. The molecule has 0 aliphatic rings. The molecule has 0 amide bonds. The first-order chi connectivity index (χ1) is 6.39. The fourth-order valence-electron chi connectivity index (χ4n) is 1.26. The number of halogens is 1. The number of hydrogen-bond donors (Lipinski definition) is 0. The van der Waals surface area contributed by atoms with Gasteiger partial charge in [-0.25, -0.2) is 8.42 Å². The lowest BCUT2D eigenvalue weighted by Gasteiger charge is -2.04. The van der Waals surface area contributed by atoms with Crippen LogP contribution in [0.5, 0.6) is 0 Å². The Hall–Kier alpha value is -0.540. The summed E-state index contributed by atoms with van der Waals surface area (Å²) >= 11 is 0. The van der Waals surface area contributed by atoms with Crippen molar-refractivity contribution in [3.8, 4) is 0 Å². The van der Waals surface area contributed by atoms with Crippen molar-refractivity contribution in [2.75, 3.05) is 0 Å². The molecule has 0 N–H and O–H groups in total. The first kappa shape index (κ1) is 11.5. The summed E-state index contributed by atoms with van der Waals surface area (Å²) in [5, 5.41) is 0. The molecule has 0 saturated heterocycles. The van der Waals surface area contributed by atoms with E-state index in [2.05, 4.69) is 13.8 Å². The Balaban J connectivity index is 2.90. The standard InChI is InChI=1S/C10H13ClO2S/c1-8(2)7-9-3-5-10(6-4-9)14(11,12)13/h3-6,8H,7H2,1-2H3. The molecule has 1 rings (SSSR count). The summed E-state index contributed by atoms with van der Waals surface area (Å²) in [6.45, 7) is 4.23. The van der Waals surface area contributed by atoms with Crippen LogP contribution in [0.3, 0.4) is 0 Å². The number of benzene rings is 1. The minimum absolute atomic E-state index is 0.159. The normalized spacial score (nSPS) is 12.0. The zero-order valence-electron chi connectivity index (χ0n) is 8.20. The summed E-state index contributed by atoms with van der Waals surface area (Å²) in [7, 11) is 1.61. The Morgan fingerprint density at radius 1 is 1.21 bits per heavy atom. The maximum absolute atomic E-state index is 10.9. The maximum Gasteiger partial charge on any atom is 0.261 e. The van der Waals surface area contributed by atoms with Gasteiger partial charge in [-0.1, -0.05) is 26.0 Å². The Kier molecular flexibility index (Phi) is 3.56. The summed E-state index contributed by atoms with van der Waals surface area (Å²) in [5.74, 6) is 0.563. The Labute approximate surface area is 89.3 Å². The highest BCUT2D eigenvalue weighted by Crippen LogP contribution is 2.16. The van der Waals surface area contributed by atoms with Crippen molar-refractivity contribution in [3.63, 3.8) is 0 Å². The van der Waals surface area contributed by atoms with Crippen LogP contribution in [-0.2, 0) is 15.5 Å². The van der Waals surface area contributed by atoms with Crippen molar-refractivity contribution in [3.05, 3.63) is 29.8 Å². The van der Waals surface area contributed by atoms with Crippen LogP contribution in [0, 0.1) is 5.92 Å². The lowest BCUT2D eigenvalue weighted by Crippen LogP contribution is -1.95. The molecule has 0 atom stereocenters. The molecule has 4 heteroatoms. The second kappa shape index (κ2) is 4.32. The summed E-state index contributed by atoms with van der Waals surface area (Å²) in [4.78, 5) is 0.159. The van der Waals surface area contributed by atoms with Gasteiger partial charge < -0.3 is 0 Å². The lowest BCUT2D eigenvalue weighted by molar-refractivity contribution is 0.609. The minimum Gasteiger partial charge on any atom is -0.207 e. The topological polar surface area (TPSA) is 34.1 Å². The molecule has 0 spiro atoms. The third kappa shape index (κ3) is 3.31. The van der Waals surface area contributed by atoms with E-state index in [4.69, 9.17) is 10.7 Å². The molecule has 78 valence electrons. The van der Waals surface area contributed by atoms with Gasteiger partial charge in [-0.2, -0.15) is 0 Å². The highest BCUT2D eigenvalue weighted by Gasteiger charge is 2.08. The predicted molar refractivity (Wildman–Crippen MR) is 58.0 cm³/mol. The van der Waals surface area contributed by atoms with Gasteiger partial charge in [0.15, 0.2) is 0 Å².